The van der Waals surface area contributed by atoms with E-state index in [1.165, 1.54) is 6.08 Å². The van der Waals surface area contributed by atoms with Crippen LogP contribution >= 0.6 is 12.6 Å². The van der Waals surface area contributed by atoms with Gasteiger partial charge < -0.3 is 0 Å². The molecular formula is C6H4S. The van der Waals surface area contributed by atoms with Gasteiger partial charge in [0.25, 0.3) is 0 Å². The van der Waals surface area contributed by atoms with E-state index in [2.05, 4.69) is 24.5 Å². The standard InChI is InChI=1S/C6H4S/c1-3-5-6(7)4-2/h1-2,5,7H/b6-5-. The second kappa shape index (κ2) is 3.40. The number of thiol groups is 1. The van der Waals surface area contributed by atoms with Gasteiger partial charge in [-0.25, -0.2) is 0 Å². The van der Waals surface area contributed by atoms with Gasteiger partial charge in [-0.3, -0.25) is 0 Å². The molecule has 0 aliphatic carbocycles. The highest BCUT2D eigenvalue weighted by atomic mass is 32.1. The van der Waals surface area contributed by atoms with Crippen molar-refractivity contribution in [3.63, 3.8) is 0 Å². The fourth-order valence-electron chi connectivity index (χ4n) is 0.121. The molecule has 7 heavy (non-hydrogen) atoms. The van der Waals surface area contributed by atoms with E-state index in [4.69, 9.17) is 12.8 Å². The minimum absolute atomic E-state index is 0.488. The Balaban J connectivity index is 3.89. The van der Waals surface area contributed by atoms with Crippen molar-refractivity contribution < 1.29 is 0 Å². The van der Waals surface area contributed by atoms with Crippen LogP contribution in [0.15, 0.2) is 11.0 Å². The van der Waals surface area contributed by atoms with Crippen molar-refractivity contribution in [1.29, 1.82) is 0 Å². The lowest BCUT2D eigenvalue weighted by atomic mass is 10.5. The Kier molecular flexibility index (Phi) is 3.02. The van der Waals surface area contributed by atoms with Crippen LogP contribution in [0.1, 0.15) is 0 Å². The topological polar surface area (TPSA) is 0 Å². The molecule has 0 radical (unpaired) electrons. The summed E-state index contributed by atoms with van der Waals surface area (Å²) in [7, 11) is 0. The molecule has 0 unspecified atom stereocenters. The highest BCUT2D eigenvalue weighted by Crippen LogP contribution is 1.93. The van der Waals surface area contributed by atoms with Crippen molar-refractivity contribution in [2.75, 3.05) is 0 Å². The third-order valence-electron chi connectivity index (χ3n) is 0.368. The van der Waals surface area contributed by atoms with Crippen LogP contribution in [-0.4, -0.2) is 0 Å². The third kappa shape index (κ3) is 3.03. The van der Waals surface area contributed by atoms with Gasteiger partial charge in [-0.15, -0.1) is 25.5 Å². The predicted molar refractivity (Wildman–Crippen MR) is 34.7 cm³/mol. The van der Waals surface area contributed by atoms with Gasteiger partial charge in [0.05, 0.1) is 4.91 Å². The van der Waals surface area contributed by atoms with Crippen LogP contribution in [0.25, 0.3) is 0 Å². The fraction of sp³-hybridized carbons (Fsp3) is 0. The molecule has 0 saturated heterocycles. The number of hydrogen-bond acceptors (Lipinski definition) is 1. The lowest BCUT2D eigenvalue weighted by molar-refractivity contribution is 2.09. The molecule has 0 bridgehead atoms. The maximum absolute atomic E-state index is 4.87. The van der Waals surface area contributed by atoms with E-state index in [-0.39, 0.29) is 0 Å². The normalized spacial score (nSPS) is 9.29. The second-order valence-corrected chi connectivity index (χ2v) is 1.32. The van der Waals surface area contributed by atoms with Crippen LogP contribution in [0.2, 0.25) is 0 Å². The number of allylic oxidation sites excluding steroid dienone is 2. The van der Waals surface area contributed by atoms with Gasteiger partial charge in [-0.05, 0) is 0 Å². The summed E-state index contributed by atoms with van der Waals surface area (Å²) in [6.45, 7) is 0. The molecule has 0 aliphatic heterocycles. The molecular weight excluding hydrogens is 104 g/mol. The molecule has 0 aliphatic rings. The zero-order valence-corrected chi connectivity index (χ0v) is 4.57. The lowest BCUT2D eigenvalue weighted by Gasteiger charge is -1.73. The van der Waals surface area contributed by atoms with Gasteiger partial charge in [-0.1, -0.05) is 11.8 Å². The van der Waals surface area contributed by atoms with E-state index < -0.39 is 0 Å². The number of hydrogen-bond donors (Lipinski definition) is 1. The van der Waals surface area contributed by atoms with Crippen LogP contribution in [0, 0.1) is 24.7 Å². The molecule has 0 fully saturated rings. The van der Waals surface area contributed by atoms with Crippen molar-refractivity contribution in [3.8, 4) is 24.7 Å². The highest BCUT2D eigenvalue weighted by molar-refractivity contribution is 7.84. The molecule has 0 nitrogen and oxygen atoms in total. The first-order chi connectivity index (χ1) is 3.31. The van der Waals surface area contributed by atoms with E-state index in [0.29, 0.717) is 4.91 Å². The molecule has 0 saturated carbocycles. The van der Waals surface area contributed by atoms with Crippen molar-refractivity contribution in [3.05, 3.63) is 11.0 Å². The largest absolute Gasteiger partial charge is 0.134 e. The Hall–Kier alpha value is -0.790. The van der Waals surface area contributed by atoms with Gasteiger partial charge in [0.1, 0.15) is 0 Å². The smallest absolute Gasteiger partial charge is 0.0623 e. The summed E-state index contributed by atoms with van der Waals surface area (Å²) in [6.07, 6.45) is 11.1. The first-order valence-electron chi connectivity index (χ1n) is 1.63. The number of terminal acetylenes is 2. The average Bonchev–Trinajstić information content (AvgIpc) is 1.68. The number of rotatable bonds is 0. The average molecular weight is 108 g/mol. The minimum Gasteiger partial charge on any atom is -0.134 e. The van der Waals surface area contributed by atoms with Gasteiger partial charge >= 0.3 is 0 Å². The second-order valence-electron chi connectivity index (χ2n) is 0.841. The van der Waals surface area contributed by atoms with Crippen molar-refractivity contribution >= 4 is 12.6 Å². The predicted octanol–water partition coefficient (Wildman–Crippen LogP) is 1.07. The Morgan fingerprint density at radius 2 is 2.14 bits per heavy atom. The van der Waals surface area contributed by atoms with Gasteiger partial charge in [0.15, 0.2) is 0 Å². The fourth-order valence-corrected chi connectivity index (χ4v) is 0.195. The third-order valence-corrected chi connectivity index (χ3v) is 0.626. The van der Waals surface area contributed by atoms with Gasteiger partial charge in [0.2, 0.25) is 0 Å². The Bertz CT molecular complexity index is 152. The van der Waals surface area contributed by atoms with Crippen molar-refractivity contribution in [2.24, 2.45) is 0 Å². The monoisotopic (exact) mass is 108 g/mol. The van der Waals surface area contributed by atoms with E-state index in [1.54, 1.807) is 0 Å². The van der Waals surface area contributed by atoms with E-state index in [9.17, 15) is 0 Å². The molecule has 0 aromatic rings. The van der Waals surface area contributed by atoms with Crippen LogP contribution in [0.5, 0.6) is 0 Å². The van der Waals surface area contributed by atoms with E-state index in [1.807, 2.05) is 0 Å². The van der Waals surface area contributed by atoms with Crippen LogP contribution in [-0.2, 0) is 0 Å². The summed E-state index contributed by atoms with van der Waals surface area (Å²) >= 11 is 3.79. The molecule has 0 amide bonds. The summed E-state index contributed by atoms with van der Waals surface area (Å²) in [6, 6.07) is 0. The van der Waals surface area contributed by atoms with Crippen LogP contribution < -0.4 is 0 Å². The molecule has 0 rings (SSSR count). The quantitative estimate of drug-likeness (QED) is 0.348. The summed E-state index contributed by atoms with van der Waals surface area (Å²) < 4.78 is 0. The Labute approximate surface area is 49.0 Å². The van der Waals surface area contributed by atoms with Gasteiger partial charge in [-0.2, -0.15) is 0 Å². The maximum Gasteiger partial charge on any atom is 0.0623 e. The Morgan fingerprint density at radius 1 is 1.57 bits per heavy atom. The molecule has 0 aromatic heterocycles. The van der Waals surface area contributed by atoms with Gasteiger partial charge in [0, 0.05) is 6.08 Å². The summed E-state index contributed by atoms with van der Waals surface area (Å²) in [4.78, 5) is 0.488. The molecule has 0 heterocycles. The molecule has 0 spiro atoms. The first-order valence-corrected chi connectivity index (χ1v) is 2.08. The van der Waals surface area contributed by atoms with E-state index in [0.717, 1.165) is 0 Å². The zero-order chi connectivity index (χ0) is 5.70. The minimum atomic E-state index is 0.488. The molecule has 0 atom stereocenters. The molecule has 34 valence electrons. The molecule has 1 heteroatoms. The van der Waals surface area contributed by atoms with Crippen molar-refractivity contribution in [2.45, 2.75) is 0 Å². The summed E-state index contributed by atoms with van der Waals surface area (Å²) in [5, 5.41) is 0. The Morgan fingerprint density at radius 3 is 2.29 bits per heavy atom. The first kappa shape index (κ1) is 6.21. The molecule has 0 N–H and O–H groups in total. The van der Waals surface area contributed by atoms with Crippen LogP contribution in [0.4, 0.5) is 0 Å². The van der Waals surface area contributed by atoms with E-state index >= 15 is 0 Å². The zero-order valence-electron chi connectivity index (χ0n) is 3.68. The maximum atomic E-state index is 4.87. The highest BCUT2D eigenvalue weighted by Gasteiger charge is 1.71. The summed E-state index contributed by atoms with van der Waals surface area (Å²) in [5.41, 5.74) is 0. The summed E-state index contributed by atoms with van der Waals surface area (Å²) in [5.74, 6) is 4.49. The SMILES string of the molecule is C#C/C=C(\S)C#C. The lowest BCUT2D eigenvalue weighted by Crippen LogP contribution is -1.56. The van der Waals surface area contributed by atoms with Crippen LogP contribution in [0.3, 0.4) is 0 Å². The molecule has 0 aromatic carbocycles. The van der Waals surface area contributed by atoms with Crippen molar-refractivity contribution in [1.82, 2.24) is 0 Å².